The highest BCUT2D eigenvalue weighted by molar-refractivity contribution is 7.89. The molecule has 3 atom stereocenters. The smallest absolute Gasteiger partial charge is 0.329 e. The van der Waals surface area contributed by atoms with E-state index >= 15 is 0 Å². The summed E-state index contributed by atoms with van der Waals surface area (Å²) in [5, 5.41) is 0. The van der Waals surface area contributed by atoms with Gasteiger partial charge in [-0.1, -0.05) is 12.8 Å². The van der Waals surface area contributed by atoms with Crippen molar-refractivity contribution in [3.63, 3.8) is 0 Å². The van der Waals surface area contributed by atoms with E-state index in [-0.39, 0.29) is 41.8 Å². The van der Waals surface area contributed by atoms with Crippen molar-refractivity contribution in [1.29, 1.82) is 0 Å². The number of nitrogens with zero attached hydrogens (tertiary/aromatic N) is 2. The molecule has 186 valence electrons. The molecular weight excluding hydrogens is 464 g/mol. The van der Waals surface area contributed by atoms with Crippen LogP contribution in [0, 0.1) is 11.8 Å². The van der Waals surface area contributed by atoms with Crippen LogP contribution in [0.3, 0.4) is 0 Å². The third-order valence-corrected chi connectivity index (χ3v) is 8.54. The van der Waals surface area contributed by atoms with Crippen LogP contribution in [0.1, 0.15) is 32.6 Å². The maximum Gasteiger partial charge on any atom is 0.329 e. The summed E-state index contributed by atoms with van der Waals surface area (Å²) >= 11 is 0. The molecule has 3 fully saturated rings. The van der Waals surface area contributed by atoms with Gasteiger partial charge in [-0.15, -0.1) is 0 Å². The summed E-state index contributed by atoms with van der Waals surface area (Å²) in [7, 11) is -3.58. The number of benzene rings is 1. The third kappa shape index (κ3) is 4.96. The zero-order chi connectivity index (χ0) is 24.3. The lowest BCUT2D eigenvalue weighted by Gasteiger charge is -2.26. The topological polar surface area (TPSA) is 120 Å². The number of morpholine rings is 1. The Morgan fingerprint density at radius 2 is 1.62 bits per heavy atom. The molecule has 2 amide bonds. The number of ether oxygens (including phenoxy) is 3. The van der Waals surface area contributed by atoms with E-state index in [1.807, 2.05) is 0 Å². The Balaban J connectivity index is 1.24. The molecule has 0 spiro atoms. The normalized spacial score (nSPS) is 24.6. The van der Waals surface area contributed by atoms with Gasteiger partial charge in [-0.25, -0.2) is 13.2 Å². The molecule has 0 N–H and O–H groups in total. The number of fused-ring (bicyclic) bond motifs is 1. The minimum Gasteiger partial charge on any atom is -0.490 e. The summed E-state index contributed by atoms with van der Waals surface area (Å²) in [6.45, 7) is 2.86. The van der Waals surface area contributed by atoms with Crippen LogP contribution in [-0.2, 0) is 33.9 Å². The molecule has 11 heteroatoms. The maximum atomic E-state index is 12.7. The maximum absolute atomic E-state index is 12.7. The number of likely N-dealkylation sites (tertiary alicyclic amines) is 1. The highest BCUT2D eigenvalue weighted by atomic mass is 32.2. The molecule has 2 heterocycles. The average Bonchev–Trinajstić information content (AvgIpc) is 3.12. The van der Waals surface area contributed by atoms with Crippen LogP contribution in [0.4, 0.5) is 0 Å². The van der Waals surface area contributed by atoms with Gasteiger partial charge >= 0.3 is 5.97 Å². The molecule has 2 unspecified atom stereocenters. The molecule has 4 rings (SSSR count). The van der Waals surface area contributed by atoms with Gasteiger partial charge in [-0.3, -0.25) is 14.5 Å². The van der Waals surface area contributed by atoms with Crippen molar-refractivity contribution in [2.75, 3.05) is 39.5 Å². The number of rotatable bonds is 8. The molecular formula is C23H30N2O8S. The third-order valence-electron chi connectivity index (χ3n) is 6.63. The van der Waals surface area contributed by atoms with Crippen molar-refractivity contribution >= 4 is 27.8 Å². The molecule has 1 aromatic rings. The summed E-state index contributed by atoms with van der Waals surface area (Å²) in [6, 6.07) is 5.05. The predicted molar refractivity (Wildman–Crippen MR) is 119 cm³/mol. The van der Waals surface area contributed by atoms with Gasteiger partial charge in [0, 0.05) is 13.1 Å². The van der Waals surface area contributed by atoms with Crippen LogP contribution in [0.15, 0.2) is 29.2 Å². The largest absolute Gasteiger partial charge is 0.490 e. The Bertz CT molecular complexity index is 996. The lowest BCUT2D eigenvalue weighted by atomic mass is 9.81. The fraction of sp³-hybridized carbons (Fsp3) is 0.609. The lowest BCUT2D eigenvalue weighted by molar-refractivity contribution is -0.158. The molecule has 10 nitrogen and oxygen atoms in total. The number of amides is 2. The average molecular weight is 495 g/mol. The molecule has 2 aliphatic heterocycles. The first-order valence-electron chi connectivity index (χ1n) is 11.6. The second-order valence-corrected chi connectivity index (χ2v) is 10.7. The quantitative estimate of drug-likeness (QED) is 0.300. The monoisotopic (exact) mass is 494 g/mol. The van der Waals surface area contributed by atoms with E-state index in [9.17, 15) is 22.8 Å². The molecule has 0 bridgehead atoms. The van der Waals surface area contributed by atoms with E-state index < -0.39 is 22.0 Å². The first-order valence-corrected chi connectivity index (χ1v) is 13.1. The molecule has 0 radical (unpaired) electrons. The van der Waals surface area contributed by atoms with Gasteiger partial charge in [-0.2, -0.15) is 4.31 Å². The van der Waals surface area contributed by atoms with Crippen LogP contribution in [0.2, 0.25) is 0 Å². The Hall–Kier alpha value is -2.50. The molecule has 2 saturated heterocycles. The van der Waals surface area contributed by atoms with E-state index in [1.54, 1.807) is 12.1 Å². The summed E-state index contributed by atoms with van der Waals surface area (Å²) in [6.07, 6.45) is 3.22. The number of hydrogen-bond acceptors (Lipinski definition) is 8. The second kappa shape index (κ2) is 10.4. The van der Waals surface area contributed by atoms with E-state index in [1.165, 1.54) is 23.4 Å². The Morgan fingerprint density at radius 3 is 2.21 bits per heavy atom. The van der Waals surface area contributed by atoms with Gasteiger partial charge in [0.05, 0.1) is 29.9 Å². The standard InChI is InChI=1S/C23H30N2O8S/c1-16(25-21(26)19-4-2-3-5-20(19)22(25)27)23(28)33-15-14-32-17-6-8-18(9-7-17)34(29,30)24-10-12-31-13-11-24/h6-9,16,19-20H,2-5,10-15H2,1H3/t16-,19?,20?/m0/s1. The fourth-order valence-electron chi connectivity index (χ4n) is 4.74. The molecule has 34 heavy (non-hydrogen) atoms. The molecule has 3 aliphatic rings. The second-order valence-electron chi connectivity index (χ2n) is 8.72. The predicted octanol–water partition coefficient (Wildman–Crippen LogP) is 1.19. The number of carbonyl (C=O) groups is 3. The zero-order valence-corrected chi connectivity index (χ0v) is 20.0. The number of carbonyl (C=O) groups excluding carboxylic acids is 3. The van der Waals surface area contributed by atoms with E-state index in [0.717, 1.165) is 17.7 Å². The van der Waals surface area contributed by atoms with Gasteiger partial charge in [0.1, 0.15) is 25.0 Å². The highest BCUT2D eigenvalue weighted by Gasteiger charge is 2.51. The number of imide groups is 1. The lowest BCUT2D eigenvalue weighted by Crippen LogP contribution is -2.44. The zero-order valence-electron chi connectivity index (χ0n) is 19.2. The van der Waals surface area contributed by atoms with Crippen LogP contribution < -0.4 is 4.74 Å². The van der Waals surface area contributed by atoms with Crippen molar-refractivity contribution in [2.24, 2.45) is 11.8 Å². The summed E-state index contributed by atoms with van der Waals surface area (Å²) in [5.74, 6) is -1.40. The van der Waals surface area contributed by atoms with Gasteiger partial charge in [0.25, 0.3) is 0 Å². The summed E-state index contributed by atoms with van der Waals surface area (Å²) < 4.78 is 42.7. The van der Waals surface area contributed by atoms with Crippen LogP contribution in [0.5, 0.6) is 5.75 Å². The van der Waals surface area contributed by atoms with Gasteiger partial charge in [0.2, 0.25) is 21.8 Å². The Labute approximate surface area is 199 Å². The number of hydrogen-bond donors (Lipinski definition) is 0. The number of esters is 1. The highest BCUT2D eigenvalue weighted by Crippen LogP contribution is 2.38. The summed E-state index contributed by atoms with van der Waals surface area (Å²) in [4.78, 5) is 38.9. The van der Waals surface area contributed by atoms with Gasteiger partial charge in [0.15, 0.2) is 0 Å². The van der Waals surface area contributed by atoms with Crippen molar-refractivity contribution in [3.8, 4) is 5.75 Å². The molecule has 1 aromatic carbocycles. The van der Waals surface area contributed by atoms with E-state index in [0.29, 0.717) is 44.9 Å². The molecule has 1 aliphatic carbocycles. The molecule has 0 aromatic heterocycles. The fourth-order valence-corrected chi connectivity index (χ4v) is 6.15. The van der Waals surface area contributed by atoms with Crippen LogP contribution in [-0.4, -0.2) is 81.0 Å². The van der Waals surface area contributed by atoms with Crippen molar-refractivity contribution in [2.45, 2.75) is 43.5 Å². The van der Waals surface area contributed by atoms with Gasteiger partial charge < -0.3 is 14.2 Å². The SMILES string of the molecule is C[C@@H](C(=O)OCCOc1ccc(S(=O)(=O)N2CCOCC2)cc1)N1C(=O)C2CCCCC2C1=O. The van der Waals surface area contributed by atoms with Crippen molar-refractivity contribution < 1.29 is 37.0 Å². The Morgan fingerprint density at radius 1 is 1.03 bits per heavy atom. The summed E-state index contributed by atoms with van der Waals surface area (Å²) in [5.41, 5.74) is 0. The van der Waals surface area contributed by atoms with Crippen LogP contribution >= 0.6 is 0 Å². The first kappa shape index (κ1) is 24.6. The van der Waals surface area contributed by atoms with Crippen molar-refractivity contribution in [3.05, 3.63) is 24.3 Å². The minimum atomic E-state index is -3.58. The number of sulfonamides is 1. The van der Waals surface area contributed by atoms with Crippen molar-refractivity contribution in [1.82, 2.24) is 9.21 Å². The van der Waals surface area contributed by atoms with E-state index in [4.69, 9.17) is 14.2 Å². The van der Waals surface area contributed by atoms with E-state index in [2.05, 4.69) is 0 Å². The van der Waals surface area contributed by atoms with Crippen LogP contribution in [0.25, 0.3) is 0 Å². The minimum absolute atomic E-state index is 0.0428. The molecule has 1 saturated carbocycles. The van der Waals surface area contributed by atoms with Gasteiger partial charge in [-0.05, 0) is 44.0 Å². The Kier molecular flexibility index (Phi) is 7.54. The first-order chi connectivity index (χ1) is 16.3.